The van der Waals surface area contributed by atoms with Gasteiger partial charge in [-0.1, -0.05) is 29.8 Å². The van der Waals surface area contributed by atoms with Gasteiger partial charge in [-0.3, -0.25) is 14.3 Å². The fourth-order valence-corrected chi connectivity index (χ4v) is 2.27. The fraction of sp³-hybridized carbons (Fsp3) is 0.333. The van der Waals surface area contributed by atoms with Gasteiger partial charge in [0.1, 0.15) is 11.5 Å². The zero-order valence-corrected chi connectivity index (χ0v) is 12.3. The second-order valence-electron chi connectivity index (χ2n) is 4.93. The Kier molecular flexibility index (Phi) is 4.47. The number of nitrogens with zero attached hydrogens (tertiary/aromatic N) is 1. The summed E-state index contributed by atoms with van der Waals surface area (Å²) in [6, 6.07) is 8.18. The first kappa shape index (κ1) is 14.9. The summed E-state index contributed by atoms with van der Waals surface area (Å²) < 4.78 is 1.33. The van der Waals surface area contributed by atoms with Gasteiger partial charge in [0, 0.05) is 13.1 Å². The fourth-order valence-electron chi connectivity index (χ4n) is 2.27. The number of rotatable bonds is 5. The normalized spacial score (nSPS) is 10.6. The molecule has 0 spiro atoms. The lowest BCUT2D eigenvalue weighted by Crippen LogP contribution is -2.34. The second kappa shape index (κ2) is 6.30. The zero-order valence-electron chi connectivity index (χ0n) is 12.3. The summed E-state index contributed by atoms with van der Waals surface area (Å²) in [5.74, 6) is 0.176. The lowest BCUT2D eigenvalue weighted by Gasteiger charge is -2.12. The molecule has 1 aromatic heterocycles. The van der Waals surface area contributed by atoms with E-state index in [0.29, 0.717) is 13.1 Å². The number of hydrogen-bond donors (Lipinski definition) is 3. The van der Waals surface area contributed by atoms with Crippen molar-refractivity contribution in [1.82, 2.24) is 9.55 Å². The van der Waals surface area contributed by atoms with Crippen molar-refractivity contribution in [3.8, 4) is 0 Å². The van der Waals surface area contributed by atoms with E-state index in [4.69, 9.17) is 5.73 Å². The second-order valence-corrected chi connectivity index (χ2v) is 4.93. The summed E-state index contributed by atoms with van der Waals surface area (Å²) in [4.78, 5) is 25.7. The highest BCUT2D eigenvalue weighted by atomic mass is 16.2. The SMILES string of the molecule is CCn1c(N)c(NCCc2cccc(C)c2)c(=O)[nH]c1=O. The van der Waals surface area contributed by atoms with E-state index in [1.54, 1.807) is 6.92 Å². The molecule has 0 aliphatic carbocycles. The standard InChI is InChI=1S/C15H20N4O2/c1-3-19-13(16)12(14(20)18-15(19)21)17-8-7-11-6-4-5-10(2)9-11/h4-6,9,17H,3,7-8,16H2,1-2H3,(H,18,20,21). The van der Waals surface area contributed by atoms with Crippen LogP contribution in [0.15, 0.2) is 33.9 Å². The number of nitrogens with one attached hydrogen (secondary N) is 2. The average Bonchev–Trinajstić information content (AvgIpc) is 2.43. The Labute approximate surface area is 122 Å². The first-order valence-electron chi connectivity index (χ1n) is 6.95. The maximum atomic E-state index is 11.8. The topological polar surface area (TPSA) is 92.9 Å². The van der Waals surface area contributed by atoms with Crippen molar-refractivity contribution in [2.75, 3.05) is 17.6 Å². The molecule has 21 heavy (non-hydrogen) atoms. The highest BCUT2D eigenvalue weighted by molar-refractivity contribution is 5.60. The molecule has 0 atom stereocenters. The van der Waals surface area contributed by atoms with Crippen LogP contribution in [-0.2, 0) is 13.0 Å². The minimum absolute atomic E-state index is 0.176. The molecular formula is C15H20N4O2. The van der Waals surface area contributed by atoms with Crippen LogP contribution in [0, 0.1) is 6.92 Å². The van der Waals surface area contributed by atoms with Gasteiger partial charge in [0.05, 0.1) is 0 Å². The Hall–Kier alpha value is -2.50. The summed E-state index contributed by atoms with van der Waals surface area (Å²) in [7, 11) is 0. The molecule has 1 heterocycles. The van der Waals surface area contributed by atoms with Crippen LogP contribution in [0.3, 0.4) is 0 Å². The van der Waals surface area contributed by atoms with E-state index < -0.39 is 11.2 Å². The van der Waals surface area contributed by atoms with E-state index >= 15 is 0 Å². The number of aromatic nitrogens is 2. The molecule has 0 aliphatic heterocycles. The number of aryl methyl sites for hydroxylation is 1. The number of nitrogens with two attached hydrogens (primary N) is 1. The highest BCUT2D eigenvalue weighted by Gasteiger charge is 2.10. The predicted octanol–water partition coefficient (Wildman–Crippen LogP) is 1.10. The van der Waals surface area contributed by atoms with Crippen LogP contribution in [0.25, 0.3) is 0 Å². The summed E-state index contributed by atoms with van der Waals surface area (Å²) in [5, 5.41) is 3.02. The number of aromatic amines is 1. The Morgan fingerprint density at radius 2 is 2.10 bits per heavy atom. The molecule has 6 heteroatoms. The van der Waals surface area contributed by atoms with Gasteiger partial charge in [-0.2, -0.15) is 0 Å². The first-order valence-corrected chi connectivity index (χ1v) is 6.95. The number of hydrogen-bond acceptors (Lipinski definition) is 4. The lowest BCUT2D eigenvalue weighted by atomic mass is 10.1. The van der Waals surface area contributed by atoms with E-state index in [-0.39, 0.29) is 11.5 Å². The number of H-pyrrole nitrogens is 1. The average molecular weight is 288 g/mol. The number of benzene rings is 1. The smallest absolute Gasteiger partial charge is 0.330 e. The van der Waals surface area contributed by atoms with Gasteiger partial charge in [-0.15, -0.1) is 0 Å². The summed E-state index contributed by atoms with van der Waals surface area (Å²) >= 11 is 0. The van der Waals surface area contributed by atoms with E-state index in [1.165, 1.54) is 15.7 Å². The van der Waals surface area contributed by atoms with E-state index in [2.05, 4.69) is 16.4 Å². The van der Waals surface area contributed by atoms with Crippen LogP contribution in [-0.4, -0.2) is 16.1 Å². The van der Waals surface area contributed by atoms with Crippen LogP contribution in [0.5, 0.6) is 0 Å². The Bertz CT molecular complexity index is 746. The maximum Gasteiger partial charge on any atom is 0.330 e. The minimum Gasteiger partial charge on any atom is -0.383 e. The molecule has 0 amide bonds. The molecule has 0 bridgehead atoms. The molecule has 1 aromatic carbocycles. The number of nitrogen functional groups attached to an aromatic ring is 1. The van der Waals surface area contributed by atoms with E-state index in [0.717, 1.165) is 6.42 Å². The molecule has 0 radical (unpaired) electrons. The van der Waals surface area contributed by atoms with Gasteiger partial charge in [-0.25, -0.2) is 4.79 Å². The number of anilines is 2. The maximum absolute atomic E-state index is 11.8. The molecule has 0 saturated carbocycles. The quantitative estimate of drug-likeness (QED) is 0.768. The highest BCUT2D eigenvalue weighted by Crippen LogP contribution is 2.10. The van der Waals surface area contributed by atoms with Gasteiger partial charge < -0.3 is 11.1 Å². The van der Waals surface area contributed by atoms with Gasteiger partial charge in [0.15, 0.2) is 0 Å². The Morgan fingerprint density at radius 1 is 1.33 bits per heavy atom. The summed E-state index contributed by atoms with van der Waals surface area (Å²) in [6.07, 6.45) is 0.770. The van der Waals surface area contributed by atoms with Gasteiger partial charge in [0.2, 0.25) is 0 Å². The molecule has 2 aromatic rings. The van der Waals surface area contributed by atoms with Gasteiger partial charge in [-0.05, 0) is 25.8 Å². The molecule has 112 valence electrons. The van der Waals surface area contributed by atoms with E-state index in [1.807, 2.05) is 25.1 Å². The van der Waals surface area contributed by atoms with E-state index in [9.17, 15) is 9.59 Å². The summed E-state index contributed by atoms with van der Waals surface area (Å²) in [5.41, 5.74) is 7.55. The molecule has 0 fully saturated rings. The molecule has 2 rings (SSSR count). The molecule has 0 unspecified atom stereocenters. The van der Waals surface area contributed by atoms with Crippen molar-refractivity contribution in [3.63, 3.8) is 0 Å². The molecule has 0 saturated heterocycles. The van der Waals surface area contributed by atoms with Crippen molar-refractivity contribution in [2.45, 2.75) is 26.8 Å². The zero-order chi connectivity index (χ0) is 15.4. The molecule has 6 nitrogen and oxygen atoms in total. The van der Waals surface area contributed by atoms with Crippen LogP contribution in [0.2, 0.25) is 0 Å². The van der Waals surface area contributed by atoms with Crippen LogP contribution < -0.4 is 22.3 Å². The van der Waals surface area contributed by atoms with Crippen molar-refractivity contribution in [2.24, 2.45) is 0 Å². The minimum atomic E-state index is -0.482. The van der Waals surface area contributed by atoms with Gasteiger partial charge in [0.25, 0.3) is 5.56 Å². The Balaban J connectivity index is 2.14. The first-order chi connectivity index (χ1) is 10.0. The predicted molar refractivity (Wildman–Crippen MR) is 84.8 cm³/mol. The van der Waals surface area contributed by atoms with Crippen molar-refractivity contribution >= 4 is 11.5 Å². The molecular weight excluding hydrogens is 268 g/mol. The third-order valence-electron chi connectivity index (χ3n) is 3.35. The third-order valence-corrected chi connectivity index (χ3v) is 3.35. The lowest BCUT2D eigenvalue weighted by molar-refractivity contribution is 0.706. The Morgan fingerprint density at radius 3 is 2.76 bits per heavy atom. The summed E-state index contributed by atoms with van der Waals surface area (Å²) in [6.45, 7) is 4.82. The monoisotopic (exact) mass is 288 g/mol. The van der Waals surface area contributed by atoms with Crippen molar-refractivity contribution in [1.29, 1.82) is 0 Å². The van der Waals surface area contributed by atoms with Crippen LogP contribution in [0.4, 0.5) is 11.5 Å². The van der Waals surface area contributed by atoms with Crippen LogP contribution in [0.1, 0.15) is 18.1 Å². The van der Waals surface area contributed by atoms with Crippen molar-refractivity contribution < 1.29 is 0 Å². The molecule has 4 N–H and O–H groups in total. The van der Waals surface area contributed by atoms with Crippen LogP contribution >= 0.6 is 0 Å². The largest absolute Gasteiger partial charge is 0.383 e. The third kappa shape index (κ3) is 3.34. The van der Waals surface area contributed by atoms with Gasteiger partial charge >= 0.3 is 5.69 Å². The van der Waals surface area contributed by atoms with Crippen molar-refractivity contribution in [3.05, 3.63) is 56.2 Å². The molecule has 0 aliphatic rings.